The largest absolute Gasteiger partial charge is 0.508 e. The molecule has 0 aliphatic heterocycles. The summed E-state index contributed by atoms with van der Waals surface area (Å²) in [6.07, 6.45) is 1.07. The molecule has 0 aromatic heterocycles. The van der Waals surface area contributed by atoms with E-state index < -0.39 is 5.82 Å². The Balaban J connectivity index is 0.000000451. The Bertz CT molecular complexity index is 637. The second-order valence-corrected chi connectivity index (χ2v) is 5.50. The molecule has 6 heteroatoms. The highest BCUT2D eigenvalue weighted by molar-refractivity contribution is 6.30. The van der Waals surface area contributed by atoms with Gasteiger partial charge in [0.2, 0.25) is 0 Å². The molecular formula is C19H24Cl2F2O2. The highest BCUT2D eigenvalue weighted by Gasteiger charge is 2.05. The van der Waals surface area contributed by atoms with Crippen LogP contribution in [0.25, 0.3) is 0 Å². The van der Waals surface area contributed by atoms with Crippen LogP contribution in [0.3, 0.4) is 0 Å². The Labute approximate surface area is 158 Å². The number of phenols is 1. The molecule has 0 bridgehead atoms. The molecule has 0 spiro atoms. The highest BCUT2D eigenvalue weighted by Crippen LogP contribution is 2.20. The second-order valence-electron chi connectivity index (χ2n) is 4.82. The van der Waals surface area contributed by atoms with E-state index in [1.807, 2.05) is 27.7 Å². The normalized spacial score (nSPS) is 10.7. The predicted molar refractivity (Wildman–Crippen MR) is 101 cm³/mol. The Morgan fingerprint density at radius 2 is 1.68 bits per heavy atom. The van der Waals surface area contributed by atoms with Gasteiger partial charge in [-0.1, -0.05) is 32.4 Å². The van der Waals surface area contributed by atoms with Gasteiger partial charge >= 0.3 is 0 Å². The zero-order chi connectivity index (χ0) is 19.4. The SMILES string of the molecule is CC.CC[C@@H](C)Oc1ccc(F)c(CCl)c1.Oc1ccc(F)c(Cl)c1. The number of phenolic OH excluding ortho intramolecular Hbond substituents is 1. The summed E-state index contributed by atoms with van der Waals surface area (Å²) in [6, 6.07) is 8.15. The number of hydrogen-bond acceptors (Lipinski definition) is 2. The van der Waals surface area contributed by atoms with Crippen molar-refractivity contribution < 1.29 is 18.6 Å². The lowest BCUT2D eigenvalue weighted by Gasteiger charge is -2.13. The van der Waals surface area contributed by atoms with Gasteiger partial charge in [-0.15, -0.1) is 11.6 Å². The minimum Gasteiger partial charge on any atom is -0.508 e. The third-order valence-electron chi connectivity index (χ3n) is 2.98. The highest BCUT2D eigenvalue weighted by atomic mass is 35.5. The summed E-state index contributed by atoms with van der Waals surface area (Å²) < 4.78 is 30.8. The van der Waals surface area contributed by atoms with Gasteiger partial charge in [0.25, 0.3) is 0 Å². The molecule has 140 valence electrons. The van der Waals surface area contributed by atoms with Gasteiger partial charge in [0.05, 0.1) is 17.0 Å². The van der Waals surface area contributed by atoms with Crippen LogP contribution < -0.4 is 4.74 Å². The van der Waals surface area contributed by atoms with Crippen LogP contribution in [0.5, 0.6) is 11.5 Å². The Morgan fingerprint density at radius 3 is 2.16 bits per heavy atom. The van der Waals surface area contributed by atoms with Crippen LogP contribution in [0, 0.1) is 11.6 Å². The Hall–Kier alpha value is -1.52. The maximum atomic E-state index is 13.0. The Morgan fingerprint density at radius 1 is 1.08 bits per heavy atom. The van der Waals surface area contributed by atoms with E-state index in [1.165, 1.54) is 12.1 Å². The molecule has 2 rings (SSSR count). The van der Waals surface area contributed by atoms with Gasteiger partial charge < -0.3 is 9.84 Å². The molecule has 25 heavy (non-hydrogen) atoms. The van der Waals surface area contributed by atoms with Crippen molar-refractivity contribution in [3.8, 4) is 11.5 Å². The summed E-state index contributed by atoms with van der Waals surface area (Å²) in [5.41, 5.74) is 0.479. The standard InChI is InChI=1S/C11H14ClFO.C6H4ClFO.C2H6/c1-3-8(2)14-10-4-5-11(13)9(6-10)7-12;7-5-3-4(9)1-2-6(5)8;1-2/h4-6,8H,3,7H2,1-2H3;1-3,9H;1-2H3/t8-;;/m1../s1. The van der Waals surface area contributed by atoms with Gasteiger partial charge in [-0.05, 0) is 43.7 Å². The molecule has 0 radical (unpaired) electrons. The van der Waals surface area contributed by atoms with Gasteiger partial charge in [0.15, 0.2) is 0 Å². The van der Waals surface area contributed by atoms with Crippen LogP contribution in [0.1, 0.15) is 39.7 Å². The lowest BCUT2D eigenvalue weighted by atomic mass is 10.2. The van der Waals surface area contributed by atoms with E-state index in [0.717, 1.165) is 18.6 Å². The van der Waals surface area contributed by atoms with Crippen molar-refractivity contribution in [2.24, 2.45) is 0 Å². The van der Waals surface area contributed by atoms with Crippen molar-refractivity contribution in [2.75, 3.05) is 0 Å². The van der Waals surface area contributed by atoms with Crippen molar-refractivity contribution in [3.63, 3.8) is 0 Å². The van der Waals surface area contributed by atoms with Crippen LogP contribution >= 0.6 is 23.2 Å². The first-order valence-corrected chi connectivity index (χ1v) is 8.93. The second kappa shape index (κ2) is 12.8. The zero-order valence-electron chi connectivity index (χ0n) is 14.8. The molecule has 0 amide bonds. The topological polar surface area (TPSA) is 29.5 Å². The van der Waals surface area contributed by atoms with Gasteiger partial charge in [-0.3, -0.25) is 0 Å². The number of hydrogen-bond donors (Lipinski definition) is 1. The first-order chi connectivity index (χ1) is 11.9. The summed E-state index contributed by atoms with van der Waals surface area (Å²) in [5, 5.41) is 8.63. The number of halogens is 4. The molecule has 1 N–H and O–H groups in total. The fraction of sp³-hybridized carbons (Fsp3) is 0.368. The summed E-state index contributed by atoms with van der Waals surface area (Å²) in [6.45, 7) is 8.01. The zero-order valence-corrected chi connectivity index (χ0v) is 16.3. The van der Waals surface area contributed by atoms with E-state index in [9.17, 15) is 8.78 Å². The van der Waals surface area contributed by atoms with Crippen LogP contribution in [-0.4, -0.2) is 11.2 Å². The quantitative estimate of drug-likeness (QED) is 0.570. The molecule has 0 aliphatic carbocycles. The van der Waals surface area contributed by atoms with E-state index in [-0.39, 0.29) is 28.6 Å². The molecule has 1 atom stereocenters. The number of aromatic hydroxyl groups is 1. The van der Waals surface area contributed by atoms with Crippen LogP contribution in [-0.2, 0) is 5.88 Å². The van der Waals surface area contributed by atoms with E-state index in [4.69, 9.17) is 33.0 Å². The number of rotatable bonds is 4. The molecule has 0 fully saturated rings. The molecule has 2 aromatic carbocycles. The van der Waals surface area contributed by atoms with Crippen molar-refractivity contribution in [1.29, 1.82) is 0 Å². The van der Waals surface area contributed by atoms with Crippen molar-refractivity contribution >= 4 is 23.2 Å². The minimum absolute atomic E-state index is 0.0265. The van der Waals surface area contributed by atoms with Gasteiger partial charge in [-0.2, -0.15) is 0 Å². The third-order valence-corrected chi connectivity index (χ3v) is 3.55. The lowest BCUT2D eigenvalue weighted by molar-refractivity contribution is 0.217. The molecule has 0 unspecified atom stereocenters. The summed E-state index contributed by atoms with van der Waals surface area (Å²) in [7, 11) is 0. The van der Waals surface area contributed by atoms with Crippen molar-refractivity contribution in [3.05, 3.63) is 58.6 Å². The first-order valence-electron chi connectivity index (χ1n) is 8.02. The fourth-order valence-corrected chi connectivity index (χ4v) is 1.91. The summed E-state index contributed by atoms with van der Waals surface area (Å²) in [5.74, 6) is 0.0209. The molecule has 2 aromatic rings. The Kier molecular flexibility index (Phi) is 12.0. The smallest absolute Gasteiger partial charge is 0.142 e. The lowest BCUT2D eigenvalue weighted by Crippen LogP contribution is -2.09. The molecule has 0 aliphatic rings. The van der Waals surface area contributed by atoms with Crippen LogP contribution in [0.15, 0.2) is 36.4 Å². The summed E-state index contributed by atoms with van der Waals surface area (Å²) in [4.78, 5) is 0. The number of ether oxygens (including phenoxy) is 1. The number of benzene rings is 2. The minimum atomic E-state index is -0.519. The van der Waals surface area contributed by atoms with Gasteiger partial charge in [0.1, 0.15) is 23.1 Å². The van der Waals surface area contributed by atoms with E-state index in [0.29, 0.717) is 11.3 Å². The molecular weight excluding hydrogens is 369 g/mol. The molecule has 0 saturated heterocycles. The maximum absolute atomic E-state index is 13.0. The van der Waals surface area contributed by atoms with E-state index >= 15 is 0 Å². The molecule has 0 saturated carbocycles. The average molecular weight is 393 g/mol. The van der Waals surface area contributed by atoms with Crippen LogP contribution in [0.2, 0.25) is 5.02 Å². The van der Waals surface area contributed by atoms with Gasteiger partial charge in [-0.25, -0.2) is 8.78 Å². The van der Waals surface area contributed by atoms with E-state index in [1.54, 1.807) is 12.1 Å². The van der Waals surface area contributed by atoms with Crippen molar-refractivity contribution in [1.82, 2.24) is 0 Å². The molecule has 0 heterocycles. The average Bonchev–Trinajstić information content (AvgIpc) is 2.62. The maximum Gasteiger partial charge on any atom is 0.142 e. The number of alkyl halides is 1. The van der Waals surface area contributed by atoms with Crippen LogP contribution in [0.4, 0.5) is 8.78 Å². The monoisotopic (exact) mass is 392 g/mol. The third kappa shape index (κ3) is 8.94. The summed E-state index contributed by atoms with van der Waals surface area (Å²) >= 11 is 10.9. The van der Waals surface area contributed by atoms with E-state index in [2.05, 4.69) is 0 Å². The predicted octanol–water partition coefficient (Wildman–Crippen LogP) is 6.95. The van der Waals surface area contributed by atoms with Crippen molar-refractivity contribution in [2.45, 2.75) is 46.1 Å². The first kappa shape index (κ1) is 23.5. The van der Waals surface area contributed by atoms with Gasteiger partial charge in [0, 0.05) is 11.6 Å². The molecule has 2 nitrogen and oxygen atoms in total. The fourth-order valence-electron chi connectivity index (χ4n) is 1.53.